The van der Waals surface area contributed by atoms with Crippen molar-refractivity contribution < 1.29 is 5.11 Å². The summed E-state index contributed by atoms with van der Waals surface area (Å²) in [5.74, 6) is 0.961. The normalized spacial score (nSPS) is 22.9. The van der Waals surface area contributed by atoms with Crippen LogP contribution in [0.5, 0.6) is 0 Å². The molecule has 0 aliphatic heterocycles. The second-order valence-corrected chi connectivity index (χ2v) is 5.79. The first-order valence-electron chi connectivity index (χ1n) is 7.93. The fourth-order valence-electron chi connectivity index (χ4n) is 2.76. The SMILES string of the molecule is CCN=C(NC1CCC(O)CC1)N(C)Cc1ccccc1. The summed E-state index contributed by atoms with van der Waals surface area (Å²) in [5.41, 5.74) is 1.28. The Morgan fingerprint density at radius 3 is 2.52 bits per heavy atom. The molecule has 0 aromatic heterocycles. The van der Waals surface area contributed by atoms with E-state index < -0.39 is 0 Å². The molecule has 1 fully saturated rings. The molecule has 0 atom stereocenters. The summed E-state index contributed by atoms with van der Waals surface area (Å²) in [6, 6.07) is 10.9. The highest BCUT2D eigenvalue weighted by atomic mass is 16.3. The smallest absolute Gasteiger partial charge is 0.194 e. The van der Waals surface area contributed by atoms with Gasteiger partial charge < -0.3 is 15.3 Å². The van der Waals surface area contributed by atoms with E-state index in [1.807, 2.05) is 6.07 Å². The van der Waals surface area contributed by atoms with E-state index in [1.165, 1.54) is 5.56 Å². The fraction of sp³-hybridized carbons (Fsp3) is 0.588. The molecule has 0 radical (unpaired) electrons. The number of guanidine groups is 1. The van der Waals surface area contributed by atoms with E-state index in [-0.39, 0.29) is 6.10 Å². The van der Waals surface area contributed by atoms with Crippen LogP contribution in [-0.4, -0.2) is 41.7 Å². The molecular weight excluding hydrogens is 262 g/mol. The maximum Gasteiger partial charge on any atom is 0.194 e. The number of hydrogen-bond donors (Lipinski definition) is 2. The number of nitrogens with one attached hydrogen (secondary N) is 1. The highest BCUT2D eigenvalue weighted by Gasteiger charge is 2.21. The Morgan fingerprint density at radius 2 is 1.90 bits per heavy atom. The second kappa shape index (κ2) is 8.03. The van der Waals surface area contributed by atoms with Crippen LogP contribution in [0.15, 0.2) is 35.3 Å². The molecule has 2 rings (SSSR count). The predicted molar refractivity (Wildman–Crippen MR) is 87.3 cm³/mol. The zero-order valence-electron chi connectivity index (χ0n) is 13.1. The van der Waals surface area contributed by atoms with Crippen molar-refractivity contribution in [1.29, 1.82) is 0 Å². The zero-order valence-corrected chi connectivity index (χ0v) is 13.1. The van der Waals surface area contributed by atoms with Crippen molar-refractivity contribution in [3.63, 3.8) is 0 Å². The largest absolute Gasteiger partial charge is 0.393 e. The van der Waals surface area contributed by atoms with Gasteiger partial charge in [-0.25, -0.2) is 0 Å². The van der Waals surface area contributed by atoms with E-state index in [2.05, 4.69) is 53.4 Å². The number of benzene rings is 1. The monoisotopic (exact) mass is 289 g/mol. The minimum absolute atomic E-state index is 0.114. The van der Waals surface area contributed by atoms with Gasteiger partial charge in [0.15, 0.2) is 5.96 Å². The lowest BCUT2D eigenvalue weighted by atomic mass is 9.93. The Labute approximate surface area is 127 Å². The first-order valence-corrected chi connectivity index (χ1v) is 7.93. The average Bonchev–Trinajstić information content (AvgIpc) is 2.50. The van der Waals surface area contributed by atoms with Gasteiger partial charge >= 0.3 is 0 Å². The van der Waals surface area contributed by atoms with E-state index >= 15 is 0 Å². The van der Waals surface area contributed by atoms with Crippen LogP contribution in [-0.2, 0) is 6.54 Å². The topological polar surface area (TPSA) is 47.9 Å². The van der Waals surface area contributed by atoms with Crippen LogP contribution in [0.2, 0.25) is 0 Å². The minimum atomic E-state index is -0.114. The van der Waals surface area contributed by atoms with Crippen molar-refractivity contribution in [1.82, 2.24) is 10.2 Å². The molecule has 0 saturated heterocycles. The third-order valence-electron chi connectivity index (χ3n) is 3.96. The van der Waals surface area contributed by atoms with Crippen molar-refractivity contribution in [3.05, 3.63) is 35.9 Å². The lowest BCUT2D eigenvalue weighted by Crippen LogP contribution is -2.45. The van der Waals surface area contributed by atoms with Crippen molar-refractivity contribution in [2.75, 3.05) is 13.6 Å². The third kappa shape index (κ3) is 5.05. The molecule has 0 heterocycles. The molecule has 1 aromatic rings. The Morgan fingerprint density at radius 1 is 1.24 bits per heavy atom. The molecule has 0 amide bonds. The molecule has 21 heavy (non-hydrogen) atoms. The van der Waals surface area contributed by atoms with Crippen LogP contribution in [0.25, 0.3) is 0 Å². The van der Waals surface area contributed by atoms with Crippen LogP contribution < -0.4 is 5.32 Å². The van der Waals surface area contributed by atoms with E-state index in [9.17, 15) is 5.11 Å². The van der Waals surface area contributed by atoms with Gasteiger partial charge in [0.25, 0.3) is 0 Å². The number of aliphatic hydroxyl groups excluding tert-OH is 1. The van der Waals surface area contributed by atoms with Crippen LogP contribution in [0, 0.1) is 0 Å². The molecule has 1 saturated carbocycles. The Hall–Kier alpha value is -1.55. The standard InChI is InChI=1S/C17H27N3O/c1-3-18-17(19-15-9-11-16(21)12-10-15)20(2)13-14-7-5-4-6-8-14/h4-8,15-16,21H,3,9-13H2,1-2H3,(H,18,19). The molecular formula is C17H27N3O. The average molecular weight is 289 g/mol. The summed E-state index contributed by atoms with van der Waals surface area (Å²) in [5, 5.41) is 13.2. The maximum atomic E-state index is 9.60. The zero-order chi connectivity index (χ0) is 15.1. The summed E-state index contributed by atoms with van der Waals surface area (Å²) in [6.07, 6.45) is 3.70. The maximum absolute atomic E-state index is 9.60. The van der Waals surface area contributed by atoms with Crippen LogP contribution in [0.4, 0.5) is 0 Å². The fourth-order valence-corrected chi connectivity index (χ4v) is 2.76. The first-order chi connectivity index (χ1) is 10.2. The molecule has 1 aliphatic rings. The van der Waals surface area contributed by atoms with Gasteiger partial charge in [0, 0.05) is 26.2 Å². The van der Waals surface area contributed by atoms with Crippen molar-refractivity contribution in [2.24, 2.45) is 4.99 Å². The molecule has 0 spiro atoms. The Kier molecular flexibility index (Phi) is 6.05. The first kappa shape index (κ1) is 15.8. The summed E-state index contributed by atoms with van der Waals surface area (Å²) in [6.45, 7) is 3.68. The van der Waals surface area contributed by atoms with Crippen LogP contribution >= 0.6 is 0 Å². The molecule has 0 bridgehead atoms. The van der Waals surface area contributed by atoms with Gasteiger partial charge in [0.1, 0.15) is 0 Å². The summed E-state index contributed by atoms with van der Waals surface area (Å²) in [7, 11) is 2.08. The molecule has 1 aromatic carbocycles. The van der Waals surface area contributed by atoms with Crippen molar-refractivity contribution >= 4 is 5.96 Å². The van der Waals surface area contributed by atoms with Gasteiger partial charge in [-0.05, 0) is 38.2 Å². The minimum Gasteiger partial charge on any atom is -0.393 e. The van der Waals surface area contributed by atoms with Gasteiger partial charge in [-0.1, -0.05) is 30.3 Å². The van der Waals surface area contributed by atoms with E-state index in [4.69, 9.17) is 0 Å². The van der Waals surface area contributed by atoms with E-state index in [0.29, 0.717) is 6.04 Å². The van der Waals surface area contributed by atoms with Crippen LogP contribution in [0.1, 0.15) is 38.2 Å². The quantitative estimate of drug-likeness (QED) is 0.661. The van der Waals surface area contributed by atoms with Gasteiger partial charge in [-0.3, -0.25) is 4.99 Å². The van der Waals surface area contributed by atoms with Gasteiger partial charge in [-0.15, -0.1) is 0 Å². The molecule has 4 heteroatoms. The van der Waals surface area contributed by atoms with Gasteiger partial charge in [0.05, 0.1) is 6.10 Å². The van der Waals surface area contributed by atoms with Crippen molar-refractivity contribution in [3.8, 4) is 0 Å². The number of nitrogens with zero attached hydrogens (tertiary/aromatic N) is 2. The number of hydrogen-bond acceptors (Lipinski definition) is 2. The molecule has 1 aliphatic carbocycles. The lowest BCUT2D eigenvalue weighted by Gasteiger charge is -2.31. The van der Waals surface area contributed by atoms with E-state index in [0.717, 1.165) is 44.7 Å². The molecule has 4 nitrogen and oxygen atoms in total. The number of rotatable bonds is 4. The third-order valence-corrected chi connectivity index (χ3v) is 3.96. The summed E-state index contributed by atoms with van der Waals surface area (Å²) < 4.78 is 0. The number of aliphatic hydroxyl groups is 1. The predicted octanol–water partition coefficient (Wildman–Crippen LogP) is 2.39. The molecule has 116 valence electrons. The summed E-state index contributed by atoms with van der Waals surface area (Å²) in [4.78, 5) is 6.77. The van der Waals surface area contributed by atoms with Crippen molar-refractivity contribution in [2.45, 2.75) is 51.3 Å². The highest BCUT2D eigenvalue weighted by Crippen LogP contribution is 2.18. The van der Waals surface area contributed by atoms with Gasteiger partial charge in [-0.2, -0.15) is 0 Å². The number of aliphatic imine (C=N–C) groups is 1. The molecule has 0 unspecified atom stereocenters. The molecule has 2 N–H and O–H groups in total. The van der Waals surface area contributed by atoms with Gasteiger partial charge in [0.2, 0.25) is 0 Å². The van der Waals surface area contributed by atoms with E-state index in [1.54, 1.807) is 0 Å². The van der Waals surface area contributed by atoms with Crippen LogP contribution in [0.3, 0.4) is 0 Å². The highest BCUT2D eigenvalue weighted by molar-refractivity contribution is 5.80. The lowest BCUT2D eigenvalue weighted by molar-refractivity contribution is 0.119. The Balaban J connectivity index is 1.93. The second-order valence-electron chi connectivity index (χ2n) is 5.79. The summed E-state index contributed by atoms with van der Waals surface area (Å²) >= 11 is 0. The Bertz CT molecular complexity index is 439.